The van der Waals surface area contributed by atoms with E-state index in [0.717, 1.165) is 36.2 Å². The predicted octanol–water partition coefficient (Wildman–Crippen LogP) is 1.51. The second kappa shape index (κ2) is 8.48. The van der Waals surface area contributed by atoms with Gasteiger partial charge in [0.1, 0.15) is 6.34 Å². The predicted molar refractivity (Wildman–Crippen MR) is 93.6 cm³/mol. The van der Waals surface area contributed by atoms with Gasteiger partial charge in [0.2, 0.25) is 0 Å². The van der Waals surface area contributed by atoms with E-state index in [9.17, 15) is 9.59 Å². The summed E-state index contributed by atoms with van der Waals surface area (Å²) >= 11 is 0. The van der Waals surface area contributed by atoms with Gasteiger partial charge in [0.15, 0.2) is 0 Å². The van der Waals surface area contributed by atoms with E-state index in [-0.39, 0.29) is 0 Å². The van der Waals surface area contributed by atoms with E-state index < -0.39 is 11.9 Å². The van der Waals surface area contributed by atoms with Gasteiger partial charge in [-0.2, -0.15) is 0 Å². The monoisotopic (exact) mass is 345 g/mol. The molecule has 0 bridgehead atoms. The van der Waals surface area contributed by atoms with Crippen molar-refractivity contribution in [3.05, 3.63) is 36.2 Å². The lowest BCUT2D eigenvalue weighted by molar-refractivity contribution is -0.134. The number of aliphatic carboxylic acids is 2. The molecule has 0 atom stereocenters. The average Bonchev–Trinajstić information content (AvgIpc) is 3.24. The molecule has 0 fully saturated rings. The van der Waals surface area contributed by atoms with Crippen LogP contribution in [0.15, 0.2) is 35.6 Å². The Morgan fingerprint density at radius 2 is 2.04 bits per heavy atom. The fourth-order valence-electron chi connectivity index (χ4n) is 2.29. The highest BCUT2D eigenvalue weighted by Gasteiger charge is 2.11. The van der Waals surface area contributed by atoms with Gasteiger partial charge in [0.25, 0.3) is 0 Å². The maximum Gasteiger partial charge on any atom is 0.328 e. The third kappa shape index (κ3) is 5.06. The normalized spacial score (nSPS) is 13.1. The van der Waals surface area contributed by atoms with Crippen LogP contribution in [0.4, 0.5) is 5.69 Å². The summed E-state index contributed by atoms with van der Waals surface area (Å²) in [6.45, 7) is 3.92. The van der Waals surface area contributed by atoms with Gasteiger partial charge < -0.3 is 15.2 Å². The number of hydrazine groups is 1. The largest absolute Gasteiger partial charge is 0.478 e. The molecule has 3 rings (SSSR count). The Hall–Kier alpha value is -3.36. The molecule has 2 aromatic rings. The number of hydrogen-bond donors (Lipinski definition) is 4. The summed E-state index contributed by atoms with van der Waals surface area (Å²) < 4.78 is 0. The summed E-state index contributed by atoms with van der Waals surface area (Å²) in [5, 5.41) is 17.6. The Morgan fingerprint density at radius 3 is 2.60 bits per heavy atom. The number of aliphatic imine (C=N–C) groups is 1. The highest BCUT2D eigenvalue weighted by Crippen LogP contribution is 2.24. The molecule has 4 N–H and O–H groups in total. The molecule has 1 aliphatic rings. The highest BCUT2D eigenvalue weighted by molar-refractivity contribution is 5.89. The van der Waals surface area contributed by atoms with Crippen molar-refractivity contribution >= 4 is 35.0 Å². The minimum atomic E-state index is -1.26. The van der Waals surface area contributed by atoms with E-state index in [1.807, 2.05) is 11.3 Å². The third-order valence-electron chi connectivity index (χ3n) is 3.37. The number of benzene rings is 1. The van der Waals surface area contributed by atoms with E-state index in [0.29, 0.717) is 12.2 Å². The first-order valence-corrected chi connectivity index (χ1v) is 7.63. The van der Waals surface area contributed by atoms with Crippen molar-refractivity contribution < 1.29 is 19.8 Å². The first-order chi connectivity index (χ1) is 12.0. The Bertz CT molecular complexity index is 796. The van der Waals surface area contributed by atoms with Crippen molar-refractivity contribution in [1.29, 1.82) is 0 Å². The van der Waals surface area contributed by atoms with Crippen molar-refractivity contribution in [1.82, 2.24) is 15.0 Å². The molecule has 25 heavy (non-hydrogen) atoms. The van der Waals surface area contributed by atoms with Gasteiger partial charge in [0, 0.05) is 17.7 Å². The molecule has 0 saturated carbocycles. The van der Waals surface area contributed by atoms with Crippen molar-refractivity contribution in [2.45, 2.75) is 13.3 Å². The third-order valence-corrected chi connectivity index (χ3v) is 3.37. The van der Waals surface area contributed by atoms with Gasteiger partial charge >= 0.3 is 11.9 Å². The number of H-pyrrole nitrogens is 1. The molecule has 9 nitrogen and oxygen atoms in total. The number of fused-ring (bicyclic) bond motifs is 1. The summed E-state index contributed by atoms with van der Waals surface area (Å²) in [4.78, 5) is 30.8. The summed E-state index contributed by atoms with van der Waals surface area (Å²) in [5.41, 5.74) is 7.86. The van der Waals surface area contributed by atoms with Crippen LogP contribution in [0.1, 0.15) is 12.5 Å². The number of carboxylic acid groups (broad SMARTS) is 2. The second-order valence-corrected chi connectivity index (χ2v) is 5.08. The van der Waals surface area contributed by atoms with Crippen LogP contribution in [-0.4, -0.2) is 56.6 Å². The second-order valence-electron chi connectivity index (χ2n) is 5.08. The maximum atomic E-state index is 9.55. The Balaban J connectivity index is 0.000000242. The minimum absolute atomic E-state index is 0.558. The molecule has 0 radical (unpaired) electrons. The molecule has 1 aromatic heterocycles. The number of imidazole rings is 1. The van der Waals surface area contributed by atoms with E-state index >= 15 is 0 Å². The van der Waals surface area contributed by atoms with Crippen molar-refractivity contribution in [3.8, 4) is 0 Å². The molecular weight excluding hydrogens is 326 g/mol. The number of rotatable bonds is 5. The molecule has 1 aromatic carbocycles. The van der Waals surface area contributed by atoms with E-state index in [4.69, 9.17) is 10.2 Å². The highest BCUT2D eigenvalue weighted by atomic mass is 16.4. The Labute approximate surface area is 143 Å². The van der Waals surface area contributed by atoms with Crippen LogP contribution in [0.2, 0.25) is 0 Å². The fraction of sp³-hybridized carbons (Fsp3) is 0.250. The smallest absolute Gasteiger partial charge is 0.328 e. The molecular formula is C16H19N5O4. The van der Waals surface area contributed by atoms with Crippen molar-refractivity contribution in [2.75, 3.05) is 18.5 Å². The molecule has 0 unspecified atom stereocenters. The number of anilines is 1. The number of aromatic amines is 1. The molecule has 0 saturated heterocycles. The first kappa shape index (κ1) is 18.0. The zero-order chi connectivity index (χ0) is 18.2. The Morgan fingerprint density at radius 1 is 1.32 bits per heavy atom. The topological polar surface area (TPSA) is 131 Å². The van der Waals surface area contributed by atoms with Gasteiger partial charge in [-0.3, -0.25) is 15.4 Å². The quantitative estimate of drug-likeness (QED) is 0.604. The fourth-order valence-corrected chi connectivity index (χ4v) is 2.29. The summed E-state index contributed by atoms with van der Waals surface area (Å²) in [5.74, 6) is -2.51. The summed E-state index contributed by atoms with van der Waals surface area (Å²) in [6.07, 6.45) is 5.65. The van der Waals surface area contributed by atoms with Crippen LogP contribution in [0.25, 0.3) is 11.0 Å². The number of aromatic nitrogens is 2. The molecule has 1 aliphatic heterocycles. The number of nitrogens with zero attached hydrogens (tertiary/aromatic N) is 3. The van der Waals surface area contributed by atoms with Gasteiger partial charge in [0.05, 0.1) is 36.1 Å². The molecule has 0 spiro atoms. The van der Waals surface area contributed by atoms with E-state index in [1.54, 1.807) is 6.33 Å². The van der Waals surface area contributed by atoms with Gasteiger partial charge in [-0.25, -0.2) is 14.6 Å². The average molecular weight is 345 g/mol. The van der Waals surface area contributed by atoms with Crippen LogP contribution in [-0.2, 0) is 16.0 Å². The molecule has 132 valence electrons. The minimum Gasteiger partial charge on any atom is -0.478 e. The van der Waals surface area contributed by atoms with Crippen LogP contribution >= 0.6 is 0 Å². The zero-order valence-corrected chi connectivity index (χ0v) is 13.6. The SMILES string of the molecule is CCc1c(NN2C=NCC2)ccc2[nH]cnc12.O=C(O)/C=C\C(=O)O. The first-order valence-electron chi connectivity index (χ1n) is 7.63. The molecule has 9 heteroatoms. The maximum absolute atomic E-state index is 9.55. The lowest BCUT2D eigenvalue weighted by atomic mass is 10.1. The van der Waals surface area contributed by atoms with Crippen LogP contribution < -0.4 is 5.43 Å². The van der Waals surface area contributed by atoms with Crippen LogP contribution in [0, 0.1) is 0 Å². The summed E-state index contributed by atoms with van der Waals surface area (Å²) in [6, 6.07) is 4.14. The molecule has 0 aliphatic carbocycles. The van der Waals surface area contributed by atoms with Crippen LogP contribution in [0.3, 0.4) is 0 Å². The molecule has 0 amide bonds. The number of carbonyl (C=O) groups is 2. The van der Waals surface area contributed by atoms with Gasteiger partial charge in [-0.1, -0.05) is 6.92 Å². The van der Waals surface area contributed by atoms with Crippen molar-refractivity contribution in [2.24, 2.45) is 4.99 Å². The number of aryl methyl sites for hydroxylation is 1. The van der Waals surface area contributed by atoms with E-state index in [2.05, 4.69) is 39.4 Å². The van der Waals surface area contributed by atoms with E-state index in [1.165, 1.54) is 5.56 Å². The molecule has 2 heterocycles. The number of nitrogens with one attached hydrogen (secondary N) is 2. The Kier molecular flexibility index (Phi) is 6.10. The standard InChI is InChI=1S/C12H15N5.C4H4O4/c1-2-9-10(16-17-6-5-13-8-17)3-4-11-12(9)15-7-14-11;5-3(6)1-2-4(7)8/h3-4,7-8,16H,2,5-6H2,1H3,(H,14,15);1-2H,(H,5,6)(H,7,8)/b;2-1-. The lowest BCUT2D eigenvalue weighted by Crippen LogP contribution is -2.27. The zero-order valence-electron chi connectivity index (χ0n) is 13.6. The van der Waals surface area contributed by atoms with Crippen LogP contribution in [0.5, 0.6) is 0 Å². The van der Waals surface area contributed by atoms with Gasteiger partial charge in [-0.05, 0) is 18.6 Å². The number of hydrogen-bond acceptors (Lipinski definition) is 6. The lowest BCUT2D eigenvalue weighted by Gasteiger charge is -2.19. The van der Waals surface area contributed by atoms with Gasteiger partial charge in [-0.15, -0.1) is 0 Å². The number of carboxylic acids is 2. The van der Waals surface area contributed by atoms with Crippen molar-refractivity contribution in [3.63, 3.8) is 0 Å². The summed E-state index contributed by atoms with van der Waals surface area (Å²) in [7, 11) is 0.